The molecule has 8 heteroatoms. The van der Waals surface area contributed by atoms with E-state index in [0.29, 0.717) is 5.95 Å². The van der Waals surface area contributed by atoms with Gasteiger partial charge in [0.1, 0.15) is 17.9 Å². The van der Waals surface area contributed by atoms with Gasteiger partial charge in [-0.3, -0.25) is 4.57 Å². The molecule has 0 radical (unpaired) electrons. The normalized spacial score (nSPS) is 14.9. The molecule has 8 nitrogen and oxygen atoms in total. The van der Waals surface area contributed by atoms with Crippen LogP contribution in [0.4, 0.5) is 17.3 Å². The molecule has 4 rings (SSSR count). The van der Waals surface area contributed by atoms with E-state index in [1.54, 1.807) is 25.8 Å². The van der Waals surface area contributed by atoms with Gasteiger partial charge >= 0.3 is 0 Å². The number of aromatic nitrogens is 4. The zero-order valence-electron chi connectivity index (χ0n) is 16.5. The molecular formula is C20H25N7O. The number of piperazine rings is 1. The third-order valence-electron chi connectivity index (χ3n) is 4.97. The Bertz CT molecular complexity index is 934. The molecule has 0 saturated carbocycles. The molecule has 1 aliphatic heterocycles. The molecule has 2 aromatic heterocycles. The smallest absolute Gasteiger partial charge is 0.229 e. The largest absolute Gasteiger partial charge is 0.495 e. The SMILES string of the molecule is COc1cc(Nc2ncc(C)c(-n3ccnc3)n2)ccc1N1CCN(C)CC1. The Balaban J connectivity index is 1.56. The lowest BCUT2D eigenvalue weighted by Crippen LogP contribution is -2.44. The van der Waals surface area contributed by atoms with Gasteiger partial charge in [-0.1, -0.05) is 0 Å². The second-order valence-electron chi connectivity index (χ2n) is 6.97. The lowest BCUT2D eigenvalue weighted by atomic mass is 10.2. The number of methoxy groups -OCH3 is 1. The topological polar surface area (TPSA) is 71.3 Å². The number of hydrogen-bond acceptors (Lipinski definition) is 7. The monoisotopic (exact) mass is 379 g/mol. The molecule has 0 amide bonds. The van der Waals surface area contributed by atoms with Gasteiger partial charge in [-0.15, -0.1) is 0 Å². The molecule has 1 fully saturated rings. The summed E-state index contributed by atoms with van der Waals surface area (Å²) in [6.07, 6.45) is 7.14. The molecule has 146 valence electrons. The average Bonchev–Trinajstić information content (AvgIpc) is 3.25. The highest BCUT2D eigenvalue weighted by molar-refractivity contribution is 5.67. The van der Waals surface area contributed by atoms with Crippen LogP contribution in [-0.2, 0) is 0 Å². The van der Waals surface area contributed by atoms with E-state index in [9.17, 15) is 0 Å². The number of likely N-dealkylation sites (N-methyl/N-ethyl adjacent to an activating group) is 1. The number of aryl methyl sites for hydroxylation is 1. The number of ether oxygens (including phenoxy) is 1. The quantitative estimate of drug-likeness (QED) is 0.730. The summed E-state index contributed by atoms with van der Waals surface area (Å²) in [5.41, 5.74) is 2.98. The lowest BCUT2D eigenvalue weighted by Gasteiger charge is -2.34. The van der Waals surface area contributed by atoms with Gasteiger partial charge in [0.2, 0.25) is 5.95 Å². The van der Waals surface area contributed by atoms with Gasteiger partial charge in [-0.2, -0.15) is 4.98 Å². The fourth-order valence-electron chi connectivity index (χ4n) is 3.33. The molecule has 28 heavy (non-hydrogen) atoms. The van der Waals surface area contributed by atoms with E-state index in [4.69, 9.17) is 4.74 Å². The number of benzene rings is 1. The van der Waals surface area contributed by atoms with Crippen molar-refractivity contribution in [3.05, 3.63) is 48.7 Å². The van der Waals surface area contributed by atoms with Crippen molar-refractivity contribution in [1.82, 2.24) is 24.4 Å². The highest BCUT2D eigenvalue weighted by Gasteiger charge is 2.18. The molecule has 0 atom stereocenters. The van der Waals surface area contributed by atoms with Crippen molar-refractivity contribution in [1.29, 1.82) is 0 Å². The summed E-state index contributed by atoms with van der Waals surface area (Å²) < 4.78 is 7.53. The summed E-state index contributed by atoms with van der Waals surface area (Å²) in [6.45, 7) is 6.08. The third-order valence-corrected chi connectivity index (χ3v) is 4.97. The standard InChI is InChI=1S/C20H25N7O/c1-15-13-22-20(24-19(15)27-7-6-21-14-27)23-16-4-5-17(18(12-16)28-3)26-10-8-25(2)9-11-26/h4-7,12-14H,8-11H2,1-3H3,(H,22,23,24). The Morgan fingerprint density at radius 2 is 1.96 bits per heavy atom. The lowest BCUT2D eigenvalue weighted by molar-refractivity contribution is 0.311. The number of hydrogen-bond donors (Lipinski definition) is 1. The summed E-state index contributed by atoms with van der Waals surface area (Å²) in [5.74, 6) is 2.18. The number of nitrogens with one attached hydrogen (secondary N) is 1. The Morgan fingerprint density at radius 1 is 1.14 bits per heavy atom. The molecule has 1 aromatic carbocycles. The van der Waals surface area contributed by atoms with Crippen molar-refractivity contribution >= 4 is 17.3 Å². The first-order valence-electron chi connectivity index (χ1n) is 9.34. The maximum Gasteiger partial charge on any atom is 0.229 e. The van der Waals surface area contributed by atoms with Crippen molar-refractivity contribution in [2.24, 2.45) is 0 Å². The molecule has 0 spiro atoms. The molecule has 1 aliphatic rings. The number of anilines is 3. The van der Waals surface area contributed by atoms with Crippen LogP contribution in [0.25, 0.3) is 5.82 Å². The Morgan fingerprint density at radius 3 is 2.68 bits per heavy atom. The Hall–Kier alpha value is -3.13. The first kappa shape index (κ1) is 18.2. The van der Waals surface area contributed by atoms with E-state index in [1.807, 2.05) is 29.8 Å². The van der Waals surface area contributed by atoms with E-state index in [2.05, 4.69) is 43.2 Å². The number of imidazole rings is 1. The van der Waals surface area contributed by atoms with Crippen molar-refractivity contribution < 1.29 is 4.74 Å². The summed E-state index contributed by atoms with van der Waals surface area (Å²) in [7, 11) is 3.86. The van der Waals surface area contributed by atoms with E-state index in [-0.39, 0.29) is 0 Å². The molecule has 3 heterocycles. The maximum absolute atomic E-state index is 5.66. The molecular weight excluding hydrogens is 354 g/mol. The van der Waals surface area contributed by atoms with Crippen molar-refractivity contribution in [2.45, 2.75) is 6.92 Å². The minimum Gasteiger partial charge on any atom is -0.495 e. The second kappa shape index (κ2) is 7.85. The van der Waals surface area contributed by atoms with Crippen LogP contribution in [-0.4, -0.2) is 64.8 Å². The summed E-state index contributed by atoms with van der Waals surface area (Å²) in [6, 6.07) is 6.13. The predicted molar refractivity (Wildman–Crippen MR) is 110 cm³/mol. The first-order valence-corrected chi connectivity index (χ1v) is 9.34. The Labute approximate surface area is 164 Å². The van der Waals surface area contributed by atoms with Gasteiger partial charge < -0.3 is 19.9 Å². The van der Waals surface area contributed by atoms with E-state index in [0.717, 1.165) is 54.7 Å². The second-order valence-corrected chi connectivity index (χ2v) is 6.97. The van der Waals surface area contributed by atoms with Crippen molar-refractivity contribution in [3.8, 4) is 11.6 Å². The number of nitrogens with zero attached hydrogens (tertiary/aromatic N) is 6. The molecule has 0 bridgehead atoms. The van der Waals surface area contributed by atoms with Crippen LogP contribution in [0.15, 0.2) is 43.1 Å². The van der Waals surface area contributed by atoms with Gasteiger partial charge in [-0.25, -0.2) is 9.97 Å². The summed E-state index contributed by atoms with van der Waals surface area (Å²) >= 11 is 0. The third kappa shape index (κ3) is 3.77. The molecule has 0 aliphatic carbocycles. The zero-order chi connectivity index (χ0) is 19.5. The van der Waals surface area contributed by atoms with Gasteiger partial charge in [0.05, 0.1) is 12.8 Å². The molecule has 3 aromatic rings. The van der Waals surface area contributed by atoms with Crippen LogP contribution in [0, 0.1) is 6.92 Å². The predicted octanol–water partition coefficient (Wildman–Crippen LogP) is 2.47. The molecule has 0 unspecified atom stereocenters. The van der Waals surface area contributed by atoms with E-state index < -0.39 is 0 Å². The van der Waals surface area contributed by atoms with Crippen LogP contribution in [0.1, 0.15) is 5.56 Å². The van der Waals surface area contributed by atoms with Crippen LogP contribution in [0.3, 0.4) is 0 Å². The van der Waals surface area contributed by atoms with Crippen LogP contribution >= 0.6 is 0 Å². The van der Waals surface area contributed by atoms with Gasteiger partial charge in [0.25, 0.3) is 0 Å². The zero-order valence-corrected chi connectivity index (χ0v) is 16.5. The molecule has 1 saturated heterocycles. The van der Waals surface area contributed by atoms with Crippen molar-refractivity contribution in [3.63, 3.8) is 0 Å². The fourth-order valence-corrected chi connectivity index (χ4v) is 3.33. The summed E-state index contributed by atoms with van der Waals surface area (Å²) in [4.78, 5) is 17.8. The van der Waals surface area contributed by atoms with Crippen LogP contribution < -0.4 is 15.0 Å². The van der Waals surface area contributed by atoms with Crippen LogP contribution in [0.5, 0.6) is 5.75 Å². The van der Waals surface area contributed by atoms with E-state index >= 15 is 0 Å². The van der Waals surface area contributed by atoms with Gasteiger partial charge in [0, 0.05) is 62.1 Å². The molecule has 1 N–H and O–H groups in total. The Kier molecular flexibility index (Phi) is 5.12. The van der Waals surface area contributed by atoms with Crippen LogP contribution in [0.2, 0.25) is 0 Å². The van der Waals surface area contributed by atoms with Crippen molar-refractivity contribution in [2.75, 3.05) is 50.6 Å². The maximum atomic E-state index is 5.66. The number of rotatable bonds is 5. The highest BCUT2D eigenvalue weighted by Crippen LogP contribution is 2.32. The van der Waals surface area contributed by atoms with Gasteiger partial charge in [-0.05, 0) is 26.1 Å². The highest BCUT2D eigenvalue weighted by atomic mass is 16.5. The fraction of sp³-hybridized carbons (Fsp3) is 0.350. The minimum atomic E-state index is 0.531. The van der Waals surface area contributed by atoms with E-state index in [1.165, 1.54) is 0 Å². The first-order chi connectivity index (χ1) is 13.6. The summed E-state index contributed by atoms with van der Waals surface area (Å²) in [5, 5.41) is 3.28. The average molecular weight is 379 g/mol. The minimum absolute atomic E-state index is 0.531. The van der Waals surface area contributed by atoms with Gasteiger partial charge in [0.15, 0.2) is 0 Å².